The Labute approximate surface area is 318 Å². The first kappa shape index (κ1) is 40.4. The summed E-state index contributed by atoms with van der Waals surface area (Å²) in [4.78, 5) is 43.0. The van der Waals surface area contributed by atoms with Crippen LogP contribution >= 0.6 is 22.9 Å². The number of thiazole rings is 1. The minimum atomic E-state index is -1.25. The number of amides is 2. The molecular formula is C40H46ClN7O4S. The highest BCUT2D eigenvalue weighted by atomic mass is 35.5. The fourth-order valence-corrected chi connectivity index (χ4v) is 6.48. The number of aromatic nitrogens is 4. The fraction of sp³-hybridized carbons (Fsp3) is 0.300. The maximum absolute atomic E-state index is 13.3. The van der Waals surface area contributed by atoms with E-state index in [2.05, 4.69) is 80.8 Å². The Hall–Kier alpha value is -5.33. The lowest BCUT2D eigenvalue weighted by atomic mass is 9.86. The molecule has 0 spiro atoms. The van der Waals surface area contributed by atoms with Crippen molar-refractivity contribution in [1.82, 2.24) is 19.6 Å². The predicted molar refractivity (Wildman–Crippen MR) is 215 cm³/mol. The average Bonchev–Trinajstić information content (AvgIpc) is 3.68. The number of nitrogens with one attached hydrogen (secondary N) is 2. The number of fused-ring (bicyclic) bond motifs is 2. The number of para-hydroxylation sites is 2. The van der Waals surface area contributed by atoms with Gasteiger partial charge >= 0.3 is 0 Å². The van der Waals surface area contributed by atoms with Gasteiger partial charge in [-0.05, 0) is 74.9 Å². The minimum Gasteiger partial charge on any atom is -0.494 e. The van der Waals surface area contributed by atoms with Crippen molar-refractivity contribution >= 4 is 73.2 Å². The Balaban J connectivity index is 0.000000221. The quantitative estimate of drug-likeness (QED) is 0.158. The lowest BCUT2D eigenvalue weighted by molar-refractivity contribution is -0.135. The van der Waals surface area contributed by atoms with Crippen molar-refractivity contribution in [1.29, 1.82) is 0 Å². The Bertz CT molecular complexity index is 2300. The zero-order chi connectivity index (χ0) is 38.9. The van der Waals surface area contributed by atoms with Crippen LogP contribution in [0.1, 0.15) is 51.8 Å². The molecule has 0 radical (unpaired) electrons. The topological polar surface area (TPSA) is 133 Å². The van der Waals surface area contributed by atoms with E-state index in [0.29, 0.717) is 16.7 Å². The van der Waals surface area contributed by atoms with E-state index in [1.807, 2.05) is 27.1 Å². The predicted octanol–water partition coefficient (Wildman–Crippen LogP) is 8.31. The largest absolute Gasteiger partial charge is 0.494 e. The Kier molecular flexibility index (Phi) is 13.7. The smallest absolute Gasteiger partial charge is 0.257 e. The maximum Gasteiger partial charge on any atom is 0.257 e. The van der Waals surface area contributed by atoms with Crippen molar-refractivity contribution in [2.24, 2.45) is 17.5 Å². The first-order chi connectivity index (χ1) is 25.1. The van der Waals surface area contributed by atoms with E-state index in [4.69, 9.17) is 16.3 Å². The zero-order valence-electron chi connectivity index (χ0n) is 31.5. The molecule has 6 aromatic rings. The summed E-state index contributed by atoms with van der Waals surface area (Å²) in [5.41, 5.74) is 4.81. The number of Topliss-reactive ketones (excluding diaryl/α,β-unsaturated/α-hetero) is 1. The van der Waals surface area contributed by atoms with Crippen LogP contribution in [0.5, 0.6) is 5.75 Å². The van der Waals surface area contributed by atoms with Gasteiger partial charge in [0.2, 0.25) is 5.91 Å². The van der Waals surface area contributed by atoms with Gasteiger partial charge in [0.25, 0.3) is 5.91 Å². The number of ether oxygens (including phenoxy) is 1. The fourth-order valence-electron chi connectivity index (χ4n) is 5.34. The van der Waals surface area contributed by atoms with Gasteiger partial charge in [0.05, 0.1) is 33.1 Å². The maximum atomic E-state index is 13.3. The van der Waals surface area contributed by atoms with Gasteiger partial charge in [-0.3, -0.25) is 19.4 Å². The third-order valence-corrected chi connectivity index (χ3v) is 9.47. The van der Waals surface area contributed by atoms with Crippen molar-refractivity contribution in [3.63, 3.8) is 0 Å². The van der Waals surface area contributed by atoms with Crippen LogP contribution < -0.4 is 20.2 Å². The molecule has 278 valence electrons. The summed E-state index contributed by atoms with van der Waals surface area (Å²) >= 11 is 7.94. The normalized spacial score (nSPS) is 11.9. The number of ketones is 1. The van der Waals surface area contributed by atoms with E-state index in [-0.39, 0.29) is 22.4 Å². The molecule has 0 aliphatic heterocycles. The van der Waals surface area contributed by atoms with Gasteiger partial charge < -0.3 is 19.9 Å². The summed E-state index contributed by atoms with van der Waals surface area (Å²) in [5, 5.41) is 13.7. The number of halogens is 1. The van der Waals surface area contributed by atoms with E-state index in [9.17, 15) is 14.4 Å². The molecule has 6 rings (SSSR count). The molecule has 0 aliphatic carbocycles. The van der Waals surface area contributed by atoms with Crippen LogP contribution in [-0.4, -0.2) is 50.8 Å². The van der Waals surface area contributed by atoms with Gasteiger partial charge in [0.15, 0.2) is 16.6 Å². The molecule has 0 aliphatic rings. The number of rotatable bonds is 7. The minimum absolute atomic E-state index is 0.260. The van der Waals surface area contributed by atoms with Crippen LogP contribution in [0.4, 0.5) is 11.4 Å². The molecule has 2 amide bonds. The van der Waals surface area contributed by atoms with Crippen molar-refractivity contribution in [2.75, 3.05) is 24.3 Å². The van der Waals surface area contributed by atoms with E-state index in [1.54, 1.807) is 68.5 Å². The highest BCUT2D eigenvalue weighted by molar-refractivity contribution is 7.16. The molecule has 53 heavy (non-hydrogen) atoms. The Morgan fingerprint density at radius 1 is 0.943 bits per heavy atom. The van der Waals surface area contributed by atoms with Crippen molar-refractivity contribution in [3.05, 3.63) is 106 Å². The van der Waals surface area contributed by atoms with Crippen molar-refractivity contribution in [3.8, 4) is 5.75 Å². The third kappa shape index (κ3) is 10.4. The van der Waals surface area contributed by atoms with Crippen LogP contribution in [0.3, 0.4) is 0 Å². The zero-order valence-corrected chi connectivity index (χ0v) is 33.1. The number of benzene rings is 4. The molecule has 1 atom stereocenters. The summed E-state index contributed by atoms with van der Waals surface area (Å²) in [5.74, 6) is -0.195. The molecule has 2 N–H and O–H groups in total. The second kappa shape index (κ2) is 17.9. The molecule has 1 unspecified atom stereocenters. The summed E-state index contributed by atoms with van der Waals surface area (Å²) in [6.07, 6.45) is 0. The second-order valence-electron chi connectivity index (χ2n) is 13.2. The van der Waals surface area contributed by atoms with Crippen molar-refractivity contribution in [2.45, 2.75) is 54.5 Å². The highest BCUT2D eigenvalue weighted by Crippen LogP contribution is 2.30. The monoisotopic (exact) mass is 755 g/mol. The lowest BCUT2D eigenvalue weighted by Crippen LogP contribution is -2.39. The van der Waals surface area contributed by atoms with Crippen LogP contribution in [-0.2, 0) is 21.4 Å². The standard InChI is InChI=1S/C21H22ClN5O3.C10H14O.C9H10N2S/c1-12(28)23-13-9-10-14(22)16(11-13)24-20(30)18(19(29)21(2,3)4)27-17-8-6-5-7-15(17)25-26-27;1-4-11-10-6-5-8(2)7-9(10)3;1-10-9-11(2)7-5-3-4-6-8(7)12-9/h5-11,18H,1-4H3,(H,23,28)(H,24,30);5-7H,4H2,1-3H3;3-6H,1-2H3. The third-order valence-electron chi connectivity index (χ3n) is 7.94. The second-order valence-corrected chi connectivity index (χ2v) is 14.7. The summed E-state index contributed by atoms with van der Waals surface area (Å²) in [6.45, 7) is 13.5. The molecule has 2 aromatic heterocycles. The number of carbonyl (C=O) groups is 3. The van der Waals surface area contributed by atoms with E-state index < -0.39 is 17.4 Å². The average molecular weight is 756 g/mol. The van der Waals surface area contributed by atoms with E-state index in [0.717, 1.165) is 17.2 Å². The molecule has 2 heterocycles. The molecule has 0 bridgehead atoms. The SMILES string of the molecule is CC(=O)Nc1ccc(Cl)c(NC(=O)C(C(=O)C(C)(C)C)n2nnc3ccccc32)c1.CCOc1ccc(C)cc1C.CN=c1sc2ccccc2n1C. The number of aryl methyl sites for hydroxylation is 3. The van der Waals surface area contributed by atoms with Gasteiger partial charge in [-0.2, -0.15) is 0 Å². The summed E-state index contributed by atoms with van der Waals surface area (Å²) in [6, 6.07) is 25.1. The molecule has 11 nitrogen and oxygen atoms in total. The molecule has 0 saturated carbocycles. The molecule has 4 aromatic carbocycles. The van der Waals surface area contributed by atoms with Gasteiger partial charge in [0.1, 0.15) is 11.3 Å². The molecule has 0 saturated heterocycles. The summed E-state index contributed by atoms with van der Waals surface area (Å²) in [7, 11) is 3.87. The summed E-state index contributed by atoms with van der Waals surface area (Å²) < 4.78 is 10.1. The molecule has 0 fully saturated rings. The van der Waals surface area contributed by atoms with Gasteiger partial charge in [-0.1, -0.05) is 90.9 Å². The van der Waals surface area contributed by atoms with Gasteiger partial charge in [-0.15, -0.1) is 5.10 Å². The number of hydrogen-bond acceptors (Lipinski definition) is 8. The first-order valence-electron chi connectivity index (χ1n) is 17.0. The first-order valence-corrected chi connectivity index (χ1v) is 18.2. The van der Waals surface area contributed by atoms with Gasteiger partial charge in [-0.25, -0.2) is 4.68 Å². The highest BCUT2D eigenvalue weighted by Gasteiger charge is 2.38. The van der Waals surface area contributed by atoms with Crippen LogP contribution in [0.15, 0.2) is 89.9 Å². The van der Waals surface area contributed by atoms with E-state index in [1.165, 1.54) is 39.0 Å². The molecule has 13 heteroatoms. The number of nitrogens with zero attached hydrogens (tertiary/aromatic N) is 5. The Morgan fingerprint density at radius 2 is 1.62 bits per heavy atom. The number of hydrogen-bond donors (Lipinski definition) is 2. The van der Waals surface area contributed by atoms with Crippen LogP contribution in [0.2, 0.25) is 5.02 Å². The lowest BCUT2D eigenvalue weighted by Gasteiger charge is -2.24. The van der Waals surface area contributed by atoms with Crippen molar-refractivity contribution < 1.29 is 19.1 Å². The number of anilines is 2. The van der Waals surface area contributed by atoms with Crippen LogP contribution in [0, 0.1) is 19.3 Å². The Morgan fingerprint density at radius 3 is 2.25 bits per heavy atom. The van der Waals surface area contributed by atoms with Gasteiger partial charge in [0, 0.05) is 32.1 Å². The molecular weight excluding hydrogens is 710 g/mol. The number of carbonyl (C=O) groups excluding carboxylic acids is 3. The van der Waals surface area contributed by atoms with Crippen LogP contribution in [0.25, 0.3) is 21.3 Å². The van der Waals surface area contributed by atoms with E-state index >= 15 is 0 Å².